The van der Waals surface area contributed by atoms with Crippen molar-refractivity contribution in [1.82, 2.24) is 0 Å². The summed E-state index contributed by atoms with van der Waals surface area (Å²) in [5.74, 6) is -0.504. The van der Waals surface area contributed by atoms with Crippen molar-refractivity contribution >= 4 is 27.7 Å². The highest BCUT2D eigenvalue weighted by atomic mass is 79.9. The third-order valence-electron chi connectivity index (χ3n) is 2.88. The molecule has 0 spiro atoms. The molecule has 128 valence electrons. The molecule has 0 radical (unpaired) electrons. The number of hydrogen-bond donors (Lipinski definition) is 1. The van der Waals surface area contributed by atoms with Crippen molar-refractivity contribution in [2.45, 2.75) is 18.3 Å². The molecule has 0 aliphatic carbocycles. The second-order valence-corrected chi connectivity index (χ2v) is 5.26. The van der Waals surface area contributed by atoms with Crippen molar-refractivity contribution in [3.8, 4) is 5.75 Å². The van der Waals surface area contributed by atoms with E-state index < -0.39 is 18.2 Å². The van der Waals surface area contributed by atoms with Crippen molar-refractivity contribution in [2.75, 3.05) is 5.32 Å². The number of hydrogen-bond acceptors (Lipinski definition) is 3. The van der Waals surface area contributed by atoms with Gasteiger partial charge in [0.05, 0.1) is 5.69 Å². The van der Waals surface area contributed by atoms with E-state index in [1.54, 1.807) is 30.3 Å². The van der Waals surface area contributed by atoms with Crippen LogP contribution in [0.2, 0.25) is 0 Å². The number of ether oxygens (including phenoxy) is 2. The number of anilines is 1. The lowest BCUT2D eigenvalue weighted by Crippen LogP contribution is -2.20. The number of alkyl halides is 4. The molecule has 0 unspecified atom stereocenters. The monoisotopic (exact) mass is 403 g/mol. The van der Waals surface area contributed by atoms with Gasteiger partial charge in [0.25, 0.3) is 0 Å². The topological polar surface area (TPSA) is 47.6 Å². The minimum atomic E-state index is -4.87. The van der Waals surface area contributed by atoms with Crippen LogP contribution in [0.25, 0.3) is 0 Å². The number of rotatable bonds is 5. The second-order valence-electron chi connectivity index (χ2n) is 4.70. The molecule has 8 heteroatoms. The Hall–Kier alpha value is -2.22. The number of nitrogens with one attached hydrogen (secondary N) is 1. The molecule has 0 fully saturated rings. The normalized spacial score (nSPS) is 11.0. The second kappa shape index (κ2) is 8.05. The lowest BCUT2D eigenvalue weighted by atomic mass is 10.2. The van der Waals surface area contributed by atoms with E-state index in [4.69, 9.17) is 4.74 Å². The first-order chi connectivity index (χ1) is 11.4. The maximum Gasteiger partial charge on any atom is 0.573 e. The molecule has 0 saturated heterocycles. The molecule has 0 heterocycles. The Morgan fingerprint density at radius 3 is 2.42 bits per heavy atom. The standard InChI is InChI=1S/C16H13BrF3NO3/c17-9-12-6-7-13(14(8-12)24-16(18,19)20)21-15(22)23-10-11-4-2-1-3-5-11/h1-8H,9-10H2,(H,21,22). The van der Waals surface area contributed by atoms with Crippen LogP contribution in [0.4, 0.5) is 23.7 Å². The van der Waals surface area contributed by atoms with Crippen LogP contribution in [0, 0.1) is 0 Å². The van der Waals surface area contributed by atoms with Crippen LogP contribution in [0.3, 0.4) is 0 Å². The summed E-state index contributed by atoms with van der Waals surface area (Å²) < 4.78 is 46.4. The van der Waals surface area contributed by atoms with E-state index in [-0.39, 0.29) is 12.3 Å². The summed E-state index contributed by atoms with van der Waals surface area (Å²) in [6.07, 6.45) is -5.74. The minimum Gasteiger partial charge on any atom is -0.444 e. The molecule has 2 aromatic rings. The molecule has 1 amide bonds. The number of carbonyl (C=O) groups excluding carboxylic acids is 1. The minimum absolute atomic E-state index is 0.00161. The van der Waals surface area contributed by atoms with Crippen molar-refractivity contribution in [3.05, 3.63) is 59.7 Å². The lowest BCUT2D eigenvalue weighted by molar-refractivity contribution is -0.274. The molecule has 0 atom stereocenters. The number of benzene rings is 2. The summed E-state index contributed by atoms with van der Waals surface area (Å²) in [5, 5.41) is 2.60. The van der Waals surface area contributed by atoms with Gasteiger partial charge >= 0.3 is 12.5 Å². The molecule has 0 aliphatic rings. The maximum atomic E-state index is 12.5. The maximum absolute atomic E-state index is 12.5. The molecule has 0 saturated carbocycles. The summed E-state index contributed by atoms with van der Waals surface area (Å²) in [4.78, 5) is 11.8. The summed E-state index contributed by atoms with van der Waals surface area (Å²) in [7, 11) is 0. The third kappa shape index (κ3) is 5.77. The zero-order chi connectivity index (χ0) is 17.6. The summed E-state index contributed by atoms with van der Waals surface area (Å²) in [5.41, 5.74) is 1.20. The van der Waals surface area contributed by atoms with Gasteiger partial charge in [0, 0.05) is 5.33 Å². The number of amides is 1. The quantitative estimate of drug-likeness (QED) is 0.695. The Bertz CT molecular complexity index is 693. The largest absolute Gasteiger partial charge is 0.573 e. The van der Waals surface area contributed by atoms with Gasteiger partial charge in [0.15, 0.2) is 5.75 Å². The van der Waals surface area contributed by atoms with Gasteiger partial charge in [-0.25, -0.2) is 4.79 Å². The van der Waals surface area contributed by atoms with E-state index in [9.17, 15) is 18.0 Å². The fraction of sp³-hybridized carbons (Fsp3) is 0.188. The Labute approximate surface area is 144 Å². The van der Waals surface area contributed by atoms with Crippen molar-refractivity contribution < 1.29 is 27.4 Å². The van der Waals surface area contributed by atoms with E-state index in [2.05, 4.69) is 26.0 Å². The highest BCUT2D eigenvalue weighted by Gasteiger charge is 2.32. The van der Waals surface area contributed by atoms with Gasteiger partial charge in [-0.15, -0.1) is 13.2 Å². The van der Waals surface area contributed by atoms with Crippen molar-refractivity contribution in [3.63, 3.8) is 0 Å². The van der Waals surface area contributed by atoms with E-state index in [1.165, 1.54) is 12.1 Å². The predicted molar refractivity (Wildman–Crippen MR) is 86.0 cm³/mol. The Morgan fingerprint density at radius 1 is 1.08 bits per heavy atom. The third-order valence-corrected chi connectivity index (χ3v) is 3.52. The van der Waals surface area contributed by atoms with Crippen LogP contribution < -0.4 is 10.1 Å². The first-order valence-corrected chi connectivity index (χ1v) is 7.92. The SMILES string of the molecule is O=C(Nc1ccc(CBr)cc1OC(F)(F)F)OCc1ccccc1. The average molecular weight is 404 g/mol. The molecule has 1 N–H and O–H groups in total. The fourth-order valence-electron chi connectivity index (χ4n) is 1.83. The predicted octanol–water partition coefficient (Wildman–Crippen LogP) is 5.23. The molecular weight excluding hydrogens is 391 g/mol. The average Bonchev–Trinajstić information content (AvgIpc) is 2.54. The highest BCUT2D eigenvalue weighted by molar-refractivity contribution is 9.08. The summed E-state index contributed by atoms with van der Waals surface area (Å²) in [6.45, 7) is 0.00161. The number of carbonyl (C=O) groups is 1. The van der Waals surface area contributed by atoms with Gasteiger partial charge in [-0.3, -0.25) is 5.32 Å². The van der Waals surface area contributed by atoms with Gasteiger partial charge < -0.3 is 9.47 Å². The first kappa shape index (κ1) is 18.1. The van der Waals surface area contributed by atoms with E-state index in [1.807, 2.05) is 6.07 Å². The van der Waals surface area contributed by atoms with Gasteiger partial charge in [-0.1, -0.05) is 52.3 Å². The summed E-state index contributed by atoms with van der Waals surface area (Å²) >= 11 is 3.15. The van der Waals surface area contributed by atoms with E-state index in [0.29, 0.717) is 10.9 Å². The molecule has 2 aromatic carbocycles. The number of halogens is 4. The molecule has 24 heavy (non-hydrogen) atoms. The molecule has 2 rings (SSSR count). The van der Waals surface area contributed by atoms with Crippen molar-refractivity contribution in [2.24, 2.45) is 0 Å². The molecule has 0 aliphatic heterocycles. The van der Waals surface area contributed by atoms with E-state index >= 15 is 0 Å². The fourth-order valence-corrected chi connectivity index (χ4v) is 2.18. The van der Waals surface area contributed by atoms with Gasteiger partial charge in [-0.05, 0) is 23.3 Å². The van der Waals surface area contributed by atoms with Crippen molar-refractivity contribution in [1.29, 1.82) is 0 Å². The van der Waals surface area contributed by atoms with Crippen LogP contribution in [0.15, 0.2) is 48.5 Å². The highest BCUT2D eigenvalue weighted by Crippen LogP contribution is 2.32. The Balaban J connectivity index is 2.06. The molecule has 0 bridgehead atoms. The van der Waals surface area contributed by atoms with Gasteiger partial charge in [0.2, 0.25) is 0 Å². The van der Waals surface area contributed by atoms with E-state index in [0.717, 1.165) is 5.56 Å². The van der Waals surface area contributed by atoms with Crippen LogP contribution in [-0.2, 0) is 16.7 Å². The molecule has 0 aromatic heterocycles. The smallest absolute Gasteiger partial charge is 0.444 e. The van der Waals surface area contributed by atoms with Gasteiger partial charge in [-0.2, -0.15) is 0 Å². The zero-order valence-electron chi connectivity index (χ0n) is 12.3. The molecular formula is C16H13BrF3NO3. The molecule has 4 nitrogen and oxygen atoms in total. The summed E-state index contributed by atoms with van der Waals surface area (Å²) in [6, 6.07) is 13.0. The Morgan fingerprint density at radius 2 is 1.79 bits per heavy atom. The zero-order valence-corrected chi connectivity index (χ0v) is 13.9. The van der Waals surface area contributed by atoms with Crippen LogP contribution >= 0.6 is 15.9 Å². The lowest BCUT2D eigenvalue weighted by Gasteiger charge is -2.15. The van der Waals surface area contributed by atoms with Crippen LogP contribution in [0.5, 0.6) is 5.75 Å². The Kier molecular flexibility index (Phi) is 6.08. The van der Waals surface area contributed by atoms with Gasteiger partial charge in [0.1, 0.15) is 6.61 Å². The van der Waals surface area contributed by atoms with Crippen LogP contribution in [0.1, 0.15) is 11.1 Å². The van der Waals surface area contributed by atoms with Crippen LogP contribution in [-0.4, -0.2) is 12.5 Å². The first-order valence-electron chi connectivity index (χ1n) is 6.80.